The van der Waals surface area contributed by atoms with Gasteiger partial charge in [-0.1, -0.05) is 6.07 Å². The molecule has 6 heteroatoms. The molecule has 0 saturated carbocycles. The van der Waals surface area contributed by atoms with E-state index in [2.05, 4.69) is 4.98 Å². The summed E-state index contributed by atoms with van der Waals surface area (Å²) in [5.74, 6) is 0.403. The van der Waals surface area contributed by atoms with Crippen LogP contribution in [0.15, 0.2) is 36.5 Å². The molecule has 0 radical (unpaired) electrons. The highest BCUT2D eigenvalue weighted by Crippen LogP contribution is 2.32. The first-order valence-corrected chi connectivity index (χ1v) is 6.37. The predicted octanol–water partition coefficient (Wildman–Crippen LogP) is 2.23. The molecule has 21 heavy (non-hydrogen) atoms. The average molecular weight is 287 g/mol. The second-order valence-corrected chi connectivity index (χ2v) is 4.53. The lowest BCUT2D eigenvalue weighted by atomic mass is 10.2. The van der Waals surface area contributed by atoms with E-state index in [0.717, 1.165) is 16.9 Å². The number of hydrogen-bond acceptors (Lipinski definition) is 5. The van der Waals surface area contributed by atoms with E-state index in [1.165, 1.54) is 12.3 Å². The lowest BCUT2D eigenvalue weighted by Gasteiger charge is -2.06. The molecule has 2 heterocycles. The van der Waals surface area contributed by atoms with Crippen LogP contribution in [0, 0.1) is 0 Å². The topological polar surface area (TPSA) is 77.9 Å². The van der Waals surface area contributed by atoms with Crippen LogP contribution in [-0.4, -0.2) is 22.9 Å². The van der Waals surface area contributed by atoms with Crippen LogP contribution in [0.5, 0.6) is 11.5 Å². The van der Waals surface area contributed by atoms with Crippen LogP contribution >= 0.6 is 0 Å². The second kappa shape index (κ2) is 5.80. The maximum atomic E-state index is 10.8. The molecule has 2 aromatic rings. The molecular weight excluding hydrogens is 274 g/mol. The van der Waals surface area contributed by atoms with Gasteiger partial charge in [-0.3, -0.25) is 0 Å². The van der Waals surface area contributed by atoms with Crippen LogP contribution in [0.2, 0.25) is 0 Å². The zero-order valence-corrected chi connectivity index (χ0v) is 11.1. The molecule has 0 fully saturated rings. The van der Waals surface area contributed by atoms with Gasteiger partial charge in [0.15, 0.2) is 11.5 Å². The average Bonchev–Trinajstić information content (AvgIpc) is 2.95. The Kier molecular flexibility index (Phi) is 3.70. The third kappa shape index (κ3) is 3.11. The Labute approximate surface area is 120 Å². The Bertz CT molecular complexity index is 671. The van der Waals surface area contributed by atoms with Crippen molar-refractivity contribution in [1.82, 2.24) is 4.98 Å². The molecule has 0 unspecified atom stereocenters. The Morgan fingerprint density at radius 2 is 1.90 bits per heavy atom. The summed E-state index contributed by atoms with van der Waals surface area (Å²) in [5.41, 5.74) is 1.74. The van der Waals surface area contributed by atoms with Gasteiger partial charge in [-0.2, -0.15) is 0 Å². The van der Waals surface area contributed by atoms with Crippen LogP contribution in [0.3, 0.4) is 0 Å². The second-order valence-electron chi connectivity index (χ2n) is 4.53. The number of carbonyl (C=O) groups is 1. The van der Waals surface area contributed by atoms with E-state index in [1.54, 1.807) is 6.07 Å². The van der Waals surface area contributed by atoms with Crippen LogP contribution < -0.4 is 9.47 Å². The maximum absolute atomic E-state index is 10.8. The van der Waals surface area contributed by atoms with E-state index in [9.17, 15) is 4.79 Å². The van der Waals surface area contributed by atoms with Crippen molar-refractivity contribution < 1.29 is 24.1 Å². The molecule has 3 rings (SSSR count). The predicted molar refractivity (Wildman–Crippen MR) is 72.3 cm³/mol. The molecule has 1 aromatic carbocycles. The highest BCUT2D eigenvalue weighted by Gasteiger charge is 2.13. The Morgan fingerprint density at radius 3 is 2.71 bits per heavy atom. The first kappa shape index (κ1) is 13.4. The van der Waals surface area contributed by atoms with Gasteiger partial charge in [0, 0.05) is 6.20 Å². The summed E-state index contributed by atoms with van der Waals surface area (Å²) in [6.45, 7) is 0.966. The van der Waals surface area contributed by atoms with Gasteiger partial charge in [-0.25, -0.2) is 9.78 Å². The van der Waals surface area contributed by atoms with E-state index in [1.807, 2.05) is 18.2 Å². The standard InChI is InChI=1S/C15H13NO5/c17-15(18)12-5-11(3-4-16-12)8-19-7-10-1-2-13-14(6-10)21-9-20-13/h1-6H,7-9H2,(H,17,18). The third-order valence-corrected chi connectivity index (χ3v) is 3.02. The SMILES string of the molecule is O=C(O)c1cc(COCc2ccc3c(c2)OCO3)ccn1. The summed E-state index contributed by atoms with van der Waals surface area (Å²) in [4.78, 5) is 14.6. The summed E-state index contributed by atoms with van der Waals surface area (Å²) in [7, 11) is 0. The fraction of sp³-hybridized carbons (Fsp3) is 0.200. The van der Waals surface area contributed by atoms with Crippen molar-refractivity contribution in [1.29, 1.82) is 0 Å². The molecule has 0 saturated heterocycles. The number of benzene rings is 1. The number of carboxylic acid groups (broad SMARTS) is 1. The van der Waals surface area contributed by atoms with Crippen molar-refractivity contribution in [3.05, 3.63) is 53.3 Å². The van der Waals surface area contributed by atoms with Gasteiger partial charge in [-0.05, 0) is 35.4 Å². The third-order valence-electron chi connectivity index (χ3n) is 3.02. The lowest BCUT2D eigenvalue weighted by molar-refractivity contribution is 0.0689. The highest BCUT2D eigenvalue weighted by molar-refractivity contribution is 5.85. The van der Waals surface area contributed by atoms with Gasteiger partial charge >= 0.3 is 5.97 Å². The van der Waals surface area contributed by atoms with Gasteiger partial charge in [0.2, 0.25) is 6.79 Å². The van der Waals surface area contributed by atoms with E-state index in [0.29, 0.717) is 19.0 Å². The molecule has 1 aromatic heterocycles. The monoisotopic (exact) mass is 287 g/mol. The molecule has 1 aliphatic heterocycles. The summed E-state index contributed by atoms with van der Waals surface area (Å²) in [6.07, 6.45) is 1.46. The molecule has 108 valence electrons. The minimum Gasteiger partial charge on any atom is -0.477 e. The van der Waals surface area contributed by atoms with Crippen molar-refractivity contribution in [2.45, 2.75) is 13.2 Å². The minimum absolute atomic E-state index is 0.0131. The smallest absolute Gasteiger partial charge is 0.354 e. The van der Waals surface area contributed by atoms with E-state index >= 15 is 0 Å². The maximum Gasteiger partial charge on any atom is 0.354 e. The Hall–Kier alpha value is -2.60. The van der Waals surface area contributed by atoms with E-state index in [4.69, 9.17) is 19.3 Å². The molecule has 0 bridgehead atoms. The van der Waals surface area contributed by atoms with Crippen molar-refractivity contribution in [3.63, 3.8) is 0 Å². The molecule has 0 aliphatic carbocycles. The van der Waals surface area contributed by atoms with E-state index in [-0.39, 0.29) is 12.5 Å². The number of fused-ring (bicyclic) bond motifs is 1. The molecule has 0 atom stereocenters. The number of pyridine rings is 1. The Morgan fingerprint density at radius 1 is 1.14 bits per heavy atom. The molecule has 0 amide bonds. The number of aromatic nitrogens is 1. The van der Waals surface area contributed by atoms with E-state index < -0.39 is 5.97 Å². The zero-order valence-electron chi connectivity index (χ0n) is 11.1. The first-order valence-electron chi connectivity index (χ1n) is 6.37. The summed E-state index contributed by atoms with van der Waals surface area (Å²) >= 11 is 0. The largest absolute Gasteiger partial charge is 0.477 e. The number of rotatable bonds is 5. The van der Waals surface area contributed by atoms with Gasteiger partial charge < -0.3 is 19.3 Å². The molecule has 0 spiro atoms. The van der Waals surface area contributed by atoms with Crippen LogP contribution in [0.25, 0.3) is 0 Å². The summed E-state index contributed by atoms with van der Waals surface area (Å²) in [5, 5.41) is 8.87. The number of hydrogen-bond donors (Lipinski definition) is 1. The van der Waals surface area contributed by atoms with Gasteiger partial charge in [-0.15, -0.1) is 0 Å². The zero-order chi connectivity index (χ0) is 14.7. The van der Waals surface area contributed by atoms with Gasteiger partial charge in [0.25, 0.3) is 0 Å². The van der Waals surface area contributed by atoms with Crippen molar-refractivity contribution in [2.75, 3.05) is 6.79 Å². The fourth-order valence-electron chi connectivity index (χ4n) is 2.00. The van der Waals surface area contributed by atoms with Crippen molar-refractivity contribution >= 4 is 5.97 Å². The molecule has 1 N–H and O–H groups in total. The highest BCUT2D eigenvalue weighted by atomic mass is 16.7. The van der Waals surface area contributed by atoms with Crippen LogP contribution in [-0.2, 0) is 18.0 Å². The quantitative estimate of drug-likeness (QED) is 0.908. The number of carboxylic acids is 1. The molecule has 1 aliphatic rings. The first-order chi connectivity index (χ1) is 10.2. The Balaban J connectivity index is 1.59. The van der Waals surface area contributed by atoms with Crippen molar-refractivity contribution in [3.8, 4) is 11.5 Å². The number of nitrogens with zero attached hydrogens (tertiary/aromatic N) is 1. The normalized spacial score (nSPS) is 12.4. The summed E-state index contributed by atoms with van der Waals surface area (Å²) < 4.78 is 16.1. The number of aromatic carboxylic acids is 1. The minimum atomic E-state index is -1.05. The molecule has 6 nitrogen and oxygen atoms in total. The van der Waals surface area contributed by atoms with Crippen LogP contribution in [0.4, 0.5) is 0 Å². The summed E-state index contributed by atoms with van der Waals surface area (Å²) in [6, 6.07) is 8.85. The fourth-order valence-corrected chi connectivity index (χ4v) is 2.00. The number of ether oxygens (including phenoxy) is 3. The van der Waals surface area contributed by atoms with Gasteiger partial charge in [0.1, 0.15) is 5.69 Å². The lowest BCUT2D eigenvalue weighted by Crippen LogP contribution is -2.02. The van der Waals surface area contributed by atoms with Gasteiger partial charge in [0.05, 0.1) is 13.2 Å². The van der Waals surface area contributed by atoms with Crippen molar-refractivity contribution in [2.24, 2.45) is 0 Å². The molecular formula is C15H13NO5. The van der Waals surface area contributed by atoms with Crippen LogP contribution in [0.1, 0.15) is 21.6 Å².